The van der Waals surface area contributed by atoms with Crippen molar-refractivity contribution in [2.45, 2.75) is 77.9 Å². The van der Waals surface area contributed by atoms with Crippen LogP contribution in [0.1, 0.15) is 66.2 Å². The highest BCUT2D eigenvalue weighted by atomic mass is 16.6. The van der Waals surface area contributed by atoms with Crippen LogP contribution in [-0.2, 0) is 14.3 Å². The van der Waals surface area contributed by atoms with Gasteiger partial charge in [-0.15, -0.1) is 0 Å². The lowest BCUT2D eigenvalue weighted by atomic mass is 10.1. The van der Waals surface area contributed by atoms with Gasteiger partial charge in [0.2, 0.25) is 0 Å². The van der Waals surface area contributed by atoms with Gasteiger partial charge in [0.05, 0.1) is 7.11 Å². The number of amides is 1. The van der Waals surface area contributed by atoms with Crippen LogP contribution in [0.25, 0.3) is 0 Å². The van der Waals surface area contributed by atoms with E-state index >= 15 is 0 Å². The number of aliphatic imine (C=N–C) groups is 1. The lowest BCUT2D eigenvalue weighted by Crippen LogP contribution is -2.49. The van der Waals surface area contributed by atoms with Crippen molar-refractivity contribution in [3.8, 4) is 0 Å². The molecule has 0 aliphatic rings. The quantitative estimate of drug-likeness (QED) is 0.218. The van der Waals surface area contributed by atoms with Crippen molar-refractivity contribution < 1.29 is 19.1 Å². The Morgan fingerprint density at radius 1 is 1.11 bits per heavy atom. The number of esters is 1. The summed E-state index contributed by atoms with van der Waals surface area (Å²) in [5.74, 6) is 0.491. The average molecular weight is 387 g/mol. The second kappa shape index (κ2) is 14.1. The predicted octanol–water partition coefficient (Wildman–Crippen LogP) is 2.58. The van der Waals surface area contributed by atoms with Gasteiger partial charge in [-0.05, 0) is 40.0 Å². The van der Waals surface area contributed by atoms with Gasteiger partial charge in [0.15, 0.2) is 5.96 Å². The summed E-state index contributed by atoms with van der Waals surface area (Å²) in [6, 6.07) is 0.0544. The van der Waals surface area contributed by atoms with Gasteiger partial charge in [0, 0.05) is 32.6 Å². The fraction of sp³-hybridized carbons (Fsp3) is 0.842. The van der Waals surface area contributed by atoms with E-state index in [9.17, 15) is 9.59 Å². The molecule has 1 atom stereocenters. The normalized spacial score (nSPS) is 12.9. The maximum atomic E-state index is 11.9. The van der Waals surface area contributed by atoms with E-state index in [-0.39, 0.29) is 12.0 Å². The zero-order chi connectivity index (χ0) is 20.7. The minimum absolute atomic E-state index is 0.0544. The first-order valence-electron chi connectivity index (χ1n) is 9.72. The van der Waals surface area contributed by atoms with Crippen LogP contribution in [0.15, 0.2) is 4.99 Å². The van der Waals surface area contributed by atoms with Crippen LogP contribution in [0.2, 0.25) is 0 Å². The third kappa shape index (κ3) is 14.8. The summed E-state index contributed by atoms with van der Waals surface area (Å²) < 4.78 is 9.91. The third-order valence-corrected chi connectivity index (χ3v) is 3.69. The summed E-state index contributed by atoms with van der Waals surface area (Å²) in [6.45, 7) is 8.81. The molecule has 8 heteroatoms. The molecule has 0 spiro atoms. The number of ether oxygens (including phenoxy) is 2. The maximum absolute atomic E-state index is 11.9. The standard InChI is InChI=1S/C19H38N4O4/c1-7-8-11-15(14-22-18(25)27-19(2,3)4)23-17(20-5)21-13-10-9-12-16(24)26-6/h15H,7-14H2,1-6H3,(H,22,25)(H2,20,21,23). The molecular formula is C19H38N4O4. The number of hydrogen-bond acceptors (Lipinski definition) is 5. The average Bonchev–Trinajstić information content (AvgIpc) is 2.60. The molecule has 0 aromatic carbocycles. The molecule has 0 bridgehead atoms. The molecule has 0 aliphatic carbocycles. The van der Waals surface area contributed by atoms with E-state index in [2.05, 4.69) is 32.6 Å². The number of nitrogens with one attached hydrogen (secondary N) is 3. The summed E-state index contributed by atoms with van der Waals surface area (Å²) in [4.78, 5) is 27.2. The molecule has 1 amide bonds. The first-order valence-corrected chi connectivity index (χ1v) is 9.72. The smallest absolute Gasteiger partial charge is 0.407 e. The van der Waals surface area contributed by atoms with E-state index < -0.39 is 11.7 Å². The van der Waals surface area contributed by atoms with Crippen LogP contribution < -0.4 is 16.0 Å². The number of rotatable bonds is 11. The molecule has 1 unspecified atom stereocenters. The van der Waals surface area contributed by atoms with Crippen molar-refractivity contribution in [3.63, 3.8) is 0 Å². The van der Waals surface area contributed by atoms with E-state index in [0.717, 1.165) is 32.1 Å². The van der Waals surface area contributed by atoms with Crippen LogP contribution in [0.4, 0.5) is 4.79 Å². The molecule has 0 heterocycles. The van der Waals surface area contributed by atoms with Gasteiger partial charge in [-0.3, -0.25) is 9.79 Å². The lowest BCUT2D eigenvalue weighted by molar-refractivity contribution is -0.140. The van der Waals surface area contributed by atoms with Crippen molar-refractivity contribution in [2.24, 2.45) is 4.99 Å². The third-order valence-electron chi connectivity index (χ3n) is 3.69. The van der Waals surface area contributed by atoms with Gasteiger partial charge in [0.25, 0.3) is 0 Å². The molecule has 0 aromatic rings. The number of carbonyl (C=O) groups excluding carboxylic acids is 2. The zero-order valence-corrected chi connectivity index (χ0v) is 17.8. The minimum atomic E-state index is -0.516. The fourth-order valence-electron chi connectivity index (χ4n) is 2.29. The Hall–Kier alpha value is -1.99. The molecule has 27 heavy (non-hydrogen) atoms. The van der Waals surface area contributed by atoms with Crippen LogP contribution >= 0.6 is 0 Å². The van der Waals surface area contributed by atoms with Crippen molar-refractivity contribution in [1.82, 2.24) is 16.0 Å². The van der Waals surface area contributed by atoms with E-state index in [1.807, 2.05) is 20.8 Å². The molecule has 3 N–H and O–H groups in total. The number of hydrogen-bond donors (Lipinski definition) is 3. The van der Waals surface area contributed by atoms with Crippen LogP contribution in [0.3, 0.4) is 0 Å². The molecule has 0 radical (unpaired) electrons. The van der Waals surface area contributed by atoms with Gasteiger partial charge in [-0.1, -0.05) is 19.8 Å². The number of guanidine groups is 1. The Morgan fingerprint density at radius 3 is 2.37 bits per heavy atom. The lowest BCUT2D eigenvalue weighted by Gasteiger charge is -2.24. The highest BCUT2D eigenvalue weighted by molar-refractivity contribution is 5.80. The van der Waals surface area contributed by atoms with E-state index in [4.69, 9.17) is 4.74 Å². The van der Waals surface area contributed by atoms with Gasteiger partial charge in [0.1, 0.15) is 5.60 Å². The number of nitrogens with zero attached hydrogens (tertiary/aromatic N) is 1. The summed E-state index contributed by atoms with van der Waals surface area (Å²) in [7, 11) is 3.11. The molecule has 0 aromatic heterocycles. The van der Waals surface area contributed by atoms with Crippen molar-refractivity contribution in [3.05, 3.63) is 0 Å². The Balaban J connectivity index is 4.36. The molecule has 0 rings (SSSR count). The van der Waals surface area contributed by atoms with E-state index in [1.54, 1.807) is 7.05 Å². The highest BCUT2D eigenvalue weighted by Gasteiger charge is 2.18. The first-order chi connectivity index (χ1) is 12.7. The molecule has 0 fully saturated rings. The van der Waals surface area contributed by atoms with Gasteiger partial charge in [-0.2, -0.15) is 0 Å². The molecule has 0 saturated carbocycles. The van der Waals surface area contributed by atoms with Crippen molar-refractivity contribution >= 4 is 18.0 Å². The molecule has 158 valence electrons. The Labute approximate surface area is 163 Å². The topological polar surface area (TPSA) is 101 Å². The Bertz CT molecular complexity index is 461. The van der Waals surface area contributed by atoms with Crippen molar-refractivity contribution in [2.75, 3.05) is 27.2 Å². The van der Waals surface area contributed by atoms with Gasteiger partial charge >= 0.3 is 12.1 Å². The highest BCUT2D eigenvalue weighted by Crippen LogP contribution is 2.07. The van der Waals surface area contributed by atoms with Crippen LogP contribution in [0, 0.1) is 0 Å². The van der Waals surface area contributed by atoms with E-state index in [1.165, 1.54) is 7.11 Å². The SMILES string of the molecule is CCCCC(CNC(=O)OC(C)(C)C)NC(=NC)NCCCCC(=O)OC. The molecular weight excluding hydrogens is 348 g/mol. The fourth-order valence-corrected chi connectivity index (χ4v) is 2.29. The molecule has 8 nitrogen and oxygen atoms in total. The number of methoxy groups -OCH3 is 1. The zero-order valence-electron chi connectivity index (χ0n) is 17.8. The second-order valence-electron chi connectivity index (χ2n) is 7.40. The van der Waals surface area contributed by atoms with Crippen molar-refractivity contribution in [1.29, 1.82) is 0 Å². The number of alkyl carbamates (subject to hydrolysis) is 1. The summed E-state index contributed by atoms with van der Waals surface area (Å²) in [6.07, 6.45) is 4.63. The largest absolute Gasteiger partial charge is 0.469 e. The summed E-state index contributed by atoms with van der Waals surface area (Å²) in [5, 5.41) is 9.40. The van der Waals surface area contributed by atoms with Crippen LogP contribution in [-0.4, -0.2) is 56.9 Å². The summed E-state index contributed by atoms with van der Waals surface area (Å²) >= 11 is 0. The van der Waals surface area contributed by atoms with Crippen LogP contribution in [0.5, 0.6) is 0 Å². The first kappa shape index (κ1) is 25.0. The Morgan fingerprint density at radius 2 is 1.81 bits per heavy atom. The maximum Gasteiger partial charge on any atom is 0.407 e. The molecule has 0 saturated heterocycles. The summed E-state index contributed by atoms with van der Waals surface area (Å²) in [5.41, 5.74) is -0.516. The minimum Gasteiger partial charge on any atom is -0.469 e. The monoisotopic (exact) mass is 386 g/mol. The van der Waals surface area contributed by atoms with Gasteiger partial charge < -0.3 is 25.4 Å². The predicted molar refractivity (Wildman–Crippen MR) is 108 cm³/mol. The Kier molecular flexibility index (Phi) is 13.1. The molecule has 0 aliphatic heterocycles. The second-order valence-corrected chi connectivity index (χ2v) is 7.40. The van der Waals surface area contributed by atoms with Gasteiger partial charge in [-0.25, -0.2) is 4.79 Å². The number of carbonyl (C=O) groups is 2. The number of unbranched alkanes of at least 4 members (excludes halogenated alkanes) is 2. The van der Waals surface area contributed by atoms with E-state index in [0.29, 0.717) is 25.5 Å².